The van der Waals surface area contributed by atoms with Gasteiger partial charge in [0.25, 0.3) is 5.56 Å². The van der Waals surface area contributed by atoms with Crippen molar-refractivity contribution in [3.8, 4) is 11.5 Å². The van der Waals surface area contributed by atoms with Crippen molar-refractivity contribution >= 4 is 19.5 Å². The van der Waals surface area contributed by atoms with Crippen molar-refractivity contribution in [1.29, 1.82) is 0 Å². The number of hydrogen-bond donors (Lipinski definition) is 2. The lowest BCUT2D eigenvalue weighted by Gasteiger charge is -2.37. The van der Waals surface area contributed by atoms with Gasteiger partial charge in [0.15, 0.2) is 0 Å². The Morgan fingerprint density at radius 2 is 1.40 bits per heavy atom. The van der Waals surface area contributed by atoms with Crippen LogP contribution in [0.2, 0.25) is 0 Å². The Labute approximate surface area is 299 Å². The average Bonchev–Trinajstić information content (AvgIpc) is 3.53. The van der Waals surface area contributed by atoms with E-state index in [1.807, 2.05) is 78.9 Å². The van der Waals surface area contributed by atoms with Crippen molar-refractivity contribution in [3.63, 3.8) is 0 Å². The van der Waals surface area contributed by atoms with E-state index in [1.54, 1.807) is 26.0 Å². The van der Waals surface area contributed by atoms with Gasteiger partial charge in [-0.3, -0.25) is 14.3 Å². The first-order valence-corrected chi connectivity index (χ1v) is 18.9. The lowest BCUT2D eigenvalue weighted by atomic mass is 9.80. The first-order chi connectivity index (χ1) is 24.1. The van der Waals surface area contributed by atoms with E-state index in [9.17, 15) is 14.2 Å². The zero-order chi connectivity index (χ0) is 36.3. The summed E-state index contributed by atoms with van der Waals surface area (Å²) in [5, 5.41) is 0. The second-order valence-electron chi connectivity index (χ2n) is 11.8. The molecule has 1 aliphatic heterocycles. The van der Waals surface area contributed by atoms with Gasteiger partial charge in [0.05, 0.1) is 40.5 Å². The fourth-order valence-corrected chi connectivity index (χ4v) is 6.85. The number of nitrogens with one attached hydrogen (secondary N) is 2. The van der Waals surface area contributed by atoms with Crippen molar-refractivity contribution < 1.29 is 32.9 Å². The Balaban J connectivity index is 0.000000727. The van der Waals surface area contributed by atoms with Gasteiger partial charge in [0.1, 0.15) is 35.5 Å². The molecule has 1 saturated heterocycles. The maximum atomic E-state index is 12.6. The van der Waals surface area contributed by atoms with E-state index in [-0.39, 0.29) is 13.0 Å². The topological polar surface area (TPSA) is 123 Å². The molecule has 50 heavy (non-hydrogen) atoms. The SMILES string of the molecule is CC[NH+](CC)CC.COc1ccc(C(OC[C@H]2O[C@@H](n3cc(C)c(=O)[nH]c3=O)C[C@@H]2O[P+](=O)[S-])(c2ccccc2)c2ccc(OC)cc2)cc1. The van der Waals surface area contributed by atoms with Crippen LogP contribution in [0.5, 0.6) is 11.5 Å². The third-order valence-corrected chi connectivity index (χ3v) is 9.70. The highest BCUT2D eigenvalue weighted by Crippen LogP contribution is 2.43. The Morgan fingerprint density at radius 3 is 1.86 bits per heavy atom. The molecular formula is C37H47N3O8PS+. The molecule has 5 rings (SSSR count). The number of methoxy groups -OCH3 is 2. The molecule has 2 N–H and O–H groups in total. The van der Waals surface area contributed by atoms with Crippen molar-refractivity contribution in [3.05, 3.63) is 128 Å². The summed E-state index contributed by atoms with van der Waals surface area (Å²) >= 11 is 4.87. The largest absolute Gasteiger partial charge is 0.497 e. The number of H-pyrrole nitrogens is 1. The van der Waals surface area contributed by atoms with Crippen LogP contribution in [0.3, 0.4) is 0 Å². The molecule has 4 atom stereocenters. The lowest BCUT2D eigenvalue weighted by Crippen LogP contribution is -3.11. The summed E-state index contributed by atoms with van der Waals surface area (Å²) < 4.78 is 43.0. The molecule has 3 aromatic carbocycles. The molecule has 0 aliphatic carbocycles. The van der Waals surface area contributed by atoms with E-state index < -0.39 is 42.5 Å². The van der Waals surface area contributed by atoms with Crippen LogP contribution in [0.4, 0.5) is 0 Å². The number of ether oxygens (including phenoxy) is 4. The van der Waals surface area contributed by atoms with E-state index in [0.717, 1.165) is 16.7 Å². The van der Waals surface area contributed by atoms with Crippen LogP contribution >= 0.6 is 7.23 Å². The van der Waals surface area contributed by atoms with Crippen molar-refractivity contribution in [1.82, 2.24) is 9.55 Å². The quantitative estimate of drug-likeness (QED) is 0.109. The van der Waals surface area contributed by atoms with E-state index in [0.29, 0.717) is 17.1 Å². The number of aromatic amines is 1. The summed E-state index contributed by atoms with van der Waals surface area (Å²) in [6.07, 6.45) is -0.709. The van der Waals surface area contributed by atoms with Crippen LogP contribution in [0.25, 0.3) is 0 Å². The van der Waals surface area contributed by atoms with E-state index in [2.05, 4.69) is 25.8 Å². The van der Waals surface area contributed by atoms with E-state index in [1.165, 1.54) is 30.4 Å². The van der Waals surface area contributed by atoms with Crippen LogP contribution < -0.4 is 25.6 Å². The highest BCUT2D eigenvalue weighted by atomic mass is 32.7. The zero-order valence-electron chi connectivity index (χ0n) is 29.4. The Bertz CT molecular complexity index is 1730. The molecule has 11 nitrogen and oxygen atoms in total. The first-order valence-electron chi connectivity index (χ1n) is 16.7. The molecule has 1 fully saturated rings. The third kappa shape index (κ3) is 9.31. The van der Waals surface area contributed by atoms with Gasteiger partial charge >= 0.3 is 12.9 Å². The minimum Gasteiger partial charge on any atom is -0.497 e. The van der Waals surface area contributed by atoms with Gasteiger partial charge < -0.3 is 36.1 Å². The number of nitrogens with zero attached hydrogens (tertiary/aromatic N) is 1. The molecule has 1 unspecified atom stereocenters. The normalized spacial score (nSPS) is 17.6. The van der Waals surface area contributed by atoms with Gasteiger partial charge in [0.2, 0.25) is 0 Å². The lowest BCUT2D eigenvalue weighted by molar-refractivity contribution is -0.894. The summed E-state index contributed by atoms with van der Waals surface area (Å²) in [5.74, 6) is 1.37. The van der Waals surface area contributed by atoms with Crippen LogP contribution in [-0.2, 0) is 36.4 Å². The monoisotopic (exact) mass is 724 g/mol. The number of aryl methyl sites for hydroxylation is 1. The number of quaternary nitrogens is 1. The maximum absolute atomic E-state index is 12.6. The highest BCUT2D eigenvalue weighted by Gasteiger charge is 2.44. The van der Waals surface area contributed by atoms with E-state index >= 15 is 0 Å². The summed E-state index contributed by atoms with van der Waals surface area (Å²) in [7, 11) is 0.806. The Morgan fingerprint density at radius 1 is 0.880 bits per heavy atom. The standard InChI is InChI=1S/C31H31N2O8PS.C6H15N/c1-20-18-33(30(35)32-29(20)34)28-17-26(41-42(36)43)27(40-28)19-39-31(21-7-5-4-6-8-21,22-9-13-24(37-2)14-10-22)23-11-15-25(38-3)16-12-23;1-4-7(5-2)6-3/h4-16,18,26-28H,17,19H2,1-3H3,(H,32,34,35);4-6H2,1-3H3/p+1/t26-,27+,28+;/m0./s1. The van der Waals surface area contributed by atoms with Crippen molar-refractivity contribution in [2.45, 2.75) is 58.2 Å². The molecule has 0 bridgehead atoms. The zero-order valence-corrected chi connectivity index (χ0v) is 31.1. The smallest absolute Gasteiger partial charge is 0.372 e. The second-order valence-corrected chi connectivity index (χ2v) is 13.4. The first kappa shape index (κ1) is 39.0. The second kappa shape index (κ2) is 18.5. The number of aromatic nitrogens is 2. The number of hydrogen-bond acceptors (Lipinski definition) is 9. The summed E-state index contributed by atoms with van der Waals surface area (Å²) in [5.41, 5.74) is 0.590. The maximum Gasteiger partial charge on any atom is 0.372 e. The fraction of sp³-hybridized carbons (Fsp3) is 0.405. The molecular weight excluding hydrogens is 677 g/mol. The molecule has 2 heterocycles. The van der Waals surface area contributed by atoms with Gasteiger partial charge in [-0.2, -0.15) is 4.52 Å². The molecule has 0 amide bonds. The van der Waals surface area contributed by atoms with Crippen LogP contribution in [-0.4, -0.2) is 62.2 Å². The fourth-order valence-electron chi connectivity index (χ4n) is 6.07. The molecule has 0 saturated carbocycles. The molecule has 0 spiro atoms. The molecule has 4 aromatic rings. The minimum absolute atomic E-state index is 0.0241. The van der Waals surface area contributed by atoms with Crippen LogP contribution in [0.1, 0.15) is 55.7 Å². The Hall–Kier alpha value is -3.77. The van der Waals surface area contributed by atoms with Gasteiger partial charge in [-0.25, -0.2) is 4.79 Å². The summed E-state index contributed by atoms with van der Waals surface area (Å²) in [6.45, 7) is 12.1. The van der Waals surface area contributed by atoms with Crippen molar-refractivity contribution in [2.24, 2.45) is 0 Å². The highest BCUT2D eigenvalue weighted by molar-refractivity contribution is 8.25. The number of rotatable bonds is 14. The molecule has 268 valence electrons. The summed E-state index contributed by atoms with van der Waals surface area (Å²) in [4.78, 5) is 28.6. The van der Waals surface area contributed by atoms with Crippen molar-refractivity contribution in [2.75, 3.05) is 40.5 Å². The molecule has 0 radical (unpaired) electrons. The average molecular weight is 725 g/mol. The predicted molar refractivity (Wildman–Crippen MR) is 195 cm³/mol. The van der Waals surface area contributed by atoms with Gasteiger partial charge in [-0.15, -0.1) is 0 Å². The third-order valence-electron chi connectivity index (χ3n) is 9.00. The van der Waals surface area contributed by atoms with Gasteiger partial charge in [0, 0.05) is 18.2 Å². The molecule has 13 heteroatoms. The molecule has 1 aromatic heterocycles. The van der Waals surface area contributed by atoms with Crippen LogP contribution in [0, 0.1) is 6.92 Å². The number of benzene rings is 3. The van der Waals surface area contributed by atoms with Crippen LogP contribution in [0.15, 0.2) is 94.6 Å². The molecule has 1 aliphatic rings. The summed E-state index contributed by atoms with van der Waals surface area (Å²) in [6, 6.07) is 24.9. The van der Waals surface area contributed by atoms with E-state index in [4.69, 9.17) is 35.7 Å². The van der Waals surface area contributed by atoms with Gasteiger partial charge in [-0.05, 0) is 68.7 Å². The predicted octanol–water partition coefficient (Wildman–Crippen LogP) is 4.68. The van der Waals surface area contributed by atoms with Gasteiger partial charge in [-0.1, -0.05) is 59.2 Å². The Kier molecular flexibility index (Phi) is 14.4. The minimum atomic E-state index is -2.40.